The molecule has 0 unspecified atom stereocenters. The van der Waals surface area contributed by atoms with Crippen molar-refractivity contribution in [3.63, 3.8) is 0 Å². The van der Waals surface area contributed by atoms with E-state index in [0.717, 1.165) is 11.3 Å². The average Bonchev–Trinajstić information content (AvgIpc) is 2.74. The quantitative estimate of drug-likeness (QED) is 0.765. The van der Waals surface area contributed by atoms with E-state index in [2.05, 4.69) is 21.7 Å². The van der Waals surface area contributed by atoms with Crippen LogP contribution in [0.5, 0.6) is 0 Å². The lowest BCUT2D eigenvalue weighted by atomic mass is 9.99. The van der Waals surface area contributed by atoms with Gasteiger partial charge in [-0.1, -0.05) is 12.8 Å². The Balaban J connectivity index is 2.32. The zero-order chi connectivity index (χ0) is 10.7. The fraction of sp³-hybridized carbons (Fsp3) is 0.545. The van der Waals surface area contributed by atoms with Gasteiger partial charge in [0.15, 0.2) is 0 Å². The number of hydrogen-bond acceptors (Lipinski definition) is 4. The standard InChI is InChI=1S/C11H16N4/c1-13-6-9-7-14-11(12)15-10(9)8-4-2-3-5-8/h7-8H,1-6H2,(H2,12,14,15). The van der Waals surface area contributed by atoms with Crippen LogP contribution in [0.3, 0.4) is 0 Å². The first-order chi connectivity index (χ1) is 7.31. The molecular weight excluding hydrogens is 188 g/mol. The second-order valence-corrected chi connectivity index (χ2v) is 4.00. The topological polar surface area (TPSA) is 64.2 Å². The highest BCUT2D eigenvalue weighted by molar-refractivity contribution is 5.30. The normalized spacial score (nSPS) is 16.8. The highest BCUT2D eigenvalue weighted by Crippen LogP contribution is 2.34. The molecule has 0 spiro atoms. The molecule has 0 aromatic carbocycles. The van der Waals surface area contributed by atoms with E-state index in [1.54, 1.807) is 6.20 Å². The molecule has 0 saturated heterocycles. The van der Waals surface area contributed by atoms with Crippen molar-refractivity contribution in [1.82, 2.24) is 9.97 Å². The van der Waals surface area contributed by atoms with E-state index in [0.29, 0.717) is 18.4 Å². The highest BCUT2D eigenvalue weighted by Gasteiger charge is 2.21. The Bertz CT molecular complexity index is 356. The third-order valence-corrected chi connectivity index (χ3v) is 2.94. The summed E-state index contributed by atoms with van der Waals surface area (Å²) in [6.45, 7) is 4.10. The van der Waals surface area contributed by atoms with Crippen LogP contribution in [0.25, 0.3) is 0 Å². The summed E-state index contributed by atoms with van der Waals surface area (Å²) in [5.41, 5.74) is 7.79. The molecule has 1 aliphatic carbocycles. The number of nitrogen functional groups attached to an aromatic ring is 1. The predicted molar refractivity (Wildman–Crippen MR) is 60.9 cm³/mol. The Labute approximate surface area is 89.7 Å². The highest BCUT2D eigenvalue weighted by atomic mass is 15.0. The summed E-state index contributed by atoms with van der Waals surface area (Å²) in [4.78, 5) is 12.3. The number of aliphatic imine (C=N–C) groups is 1. The fourth-order valence-electron chi connectivity index (χ4n) is 2.23. The van der Waals surface area contributed by atoms with Crippen LogP contribution in [0.15, 0.2) is 11.2 Å². The maximum Gasteiger partial charge on any atom is 0.220 e. The lowest BCUT2D eigenvalue weighted by Crippen LogP contribution is -2.06. The number of anilines is 1. The summed E-state index contributed by atoms with van der Waals surface area (Å²) >= 11 is 0. The summed E-state index contributed by atoms with van der Waals surface area (Å²) in [5, 5.41) is 0. The monoisotopic (exact) mass is 204 g/mol. The van der Waals surface area contributed by atoms with Crippen LogP contribution in [-0.4, -0.2) is 16.7 Å². The van der Waals surface area contributed by atoms with Gasteiger partial charge in [0.05, 0.1) is 12.2 Å². The molecule has 0 radical (unpaired) electrons. The average molecular weight is 204 g/mol. The van der Waals surface area contributed by atoms with Gasteiger partial charge in [0.1, 0.15) is 0 Å². The molecule has 1 aromatic heterocycles. The zero-order valence-electron chi connectivity index (χ0n) is 8.82. The van der Waals surface area contributed by atoms with Crippen molar-refractivity contribution in [1.29, 1.82) is 0 Å². The lowest BCUT2D eigenvalue weighted by molar-refractivity contribution is 0.682. The summed E-state index contributed by atoms with van der Waals surface area (Å²) < 4.78 is 0. The van der Waals surface area contributed by atoms with Crippen LogP contribution < -0.4 is 5.73 Å². The van der Waals surface area contributed by atoms with E-state index < -0.39 is 0 Å². The summed E-state index contributed by atoms with van der Waals surface area (Å²) in [6, 6.07) is 0. The maximum atomic E-state index is 5.62. The number of rotatable bonds is 3. The van der Waals surface area contributed by atoms with Gasteiger partial charge in [0.25, 0.3) is 0 Å². The first-order valence-corrected chi connectivity index (χ1v) is 5.35. The van der Waals surface area contributed by atoms with E-state index in [1.165, 1.54) is 25.7 Å². The minimum atomic E-state index is 0.365. The SMILES string of the molecule is C=NCc1cnc(N)nc1C1CCCC1. The minimum Gasteiger partial charge on any atom is -0.368 e. The minimum absolute atomic E-state index is 0.365. The molecule has 0 atom stereocenters. The molecule has 4 heteroatoms. The van der Waals surface area contributed by atoms with Gasteiger partial charge in [0.2, 0.25) is 5.95 Å². The third-order valence-electron chi connectivity index (χ3n) is 2.94. The summed E-state index contributed by atoms with van der Waals surface area (Å²) in [5.74, 6) is 0.914. The molecule has 2 N–H and O–H groups in total. The van der Waals surface area contributed by atoms with Crippen molar-refractivity contribution in [2.24, 2.45) is 4.99 Å². The van der Waals surface area contributed by atoms with Crippen molar-refractivity contribution < 1.29 is 0 Å². The number of hydrogen-bond donors (Lipinski definition) is 1. The van der Waals surface area contributed by atoms with Crippen molar-refractivity contribution in [2.45, 2.75) is 38.1 Å². The molecule has 80 valence electrons. The van der Waals surface area contributed by atoms with Gasteiger partial charge in [-0.05, 0) is 19.6 Å². The van der Waals surface area contributed by atoms with Crippen LogP contribution in [0.1, 0.15) is 42.9 Å². The van der Waals surface area contributed by atoms with Crippen molar-refractivity contribution >= 4 is 12.7 Å². The van der Waals surface area contributed by atoms with Crippen LogP contribution in [0, 0.1) is 0 Å². The number of nitrogens with zero attached hydrogens (tertiary/aromatic N) is 3. The molecule has 15 heavy (non-hydrogen) atoms. The van der Waals surface area contributed by atoms with Crippen LogP contribution >= 0.6 is 0 Å². The van der Waals surface area contributed by atoms with Gasteiger partial charge in [-0.3, -0.25) is 4.99 Å². The molecule has 2 rings (SSSR count). The Morgan fingerprint density at radius 1 is 1.47 bits per heavy atom. The molecule has 0 amide bonds. The summed E-state index contributed by atoms with van der Waals surface area (Å²) in [7, 11) is 0. The maximum absolute atomic E-state index is 5.62. The van der Waals surface area contributed by atoms with Crippen LogP contribution in [0.4, 0.5) is 5.95 Å². The Morgan fingerprint density at radius 2 is 2.20 bits per heavy atom. The number of nitrogens with two attached hydrogens (primary N) is 1. The van der Waals surface area contributed by atoms with E-state index in [1.807, 2.05) is 0 Å². The van der Waals surface area contributed by atoms with Gasteiger partial charge >= 0.3 is 0 Å². The van der Waals surface area contributed by atoms with Gasteiger partial charge < -0.3 is 5.73 Å². The second kappa shape index (κ2) is 4.38. The van der Waals surface area contributed by atoms with Gasteiger partial charge in [-0.2, -0.15) is 0 Å². The smallest absolute Gasteiger partial charge is 0.220 e. The molecule has 0 bridgehead atoms. The predicted octanol–water partition coefficient (Wildman–Crippen LogP) is 1.92. The van der Waals surface area contributed by atoms with Crippen molar-refractivity contribution in [3.05, 3.63) is 17.5 Å². The largest absolute Gasteiger partial charge is 0.368 e. The number of aromatic nitrogens is 2. The van der Waals surface area contributed by atoms with Crippen molar-refractivity contribution in [3.8, 4) is 0 Å². The Hall–Kier alpha value is -1.45. The van der Waals surface area contributed by atoms with Crippen molar-refractivity contribution in [2.75, 3.05) is 5.73 Å². The molecule has 1 aromatic rings. The molecule has 1 fully saturated rings. The van der Waals surface area contributed by atoms with Crippen LogP contribution in [0.2, 0.25) is 0 Å². The third kappa shape index (κ3) is 2.14. The van der Waals surface area contributed by atoms with E-state index in [9.17, 15) is 0 Å². The Kier molecular flexibility index (Phi) is 2.94. The Morgan fingerprint density at radius 3 is 2.87 bits per heavy atom. The molecule has 1 aliphatic rings. The molecule has 4 nitrogen and oxygen atoms in total. The van der Waals surface area contributed by atoms with Gasteiger partial charge in [-0.15, -0.1) is 0 Å². The first-order valence-electron chi connectivity index (χ1n) is 5.35. The summed E-state index contributed by atoms with van der Waals surface area (Å²) in [6.07, 6.45) is 6.77. The van der Waals surface area contributed by atoms with E-state index >= 15 is 0 Å². The van der Waals surface area contributed by atoms with E-state index in [4.69, 9.17) is 5.73 Å². The molecule has 1 saturated carbocycles. The molecule has 0 aliphatic heterocycles. The molecular formula is C11H16N4. The molecule has 1 heterocycles. The second-order valence-electron chi connectivity index (χ2n) is 4.00. The fourth-order valence-corrected chi connectivity index (χ4v) is 2.23. The van der Waals surface area contributed by atoms with E-state index in [-0.39, 0.29) is 0 Å². The van der Waals surface area contributed by atoms with Gasteiger partial charge in [0, 0.05) is 17.7 Å². The lowest BCUT2D eigenvalue weighted by Gasteiger charge is -2.12. The van der Waals surface area contributed by atoms with Crippen LogP contribution in [-0.2, 0) is 6.54 Å². The zero-order valence-corrected chi connectivity index (χ0v) is 8.82. The first kappa shape index (κ1) is 10.1. The van der Waals surface area contributed by atoms with Gasteiger partial charge in [-0.25, -0.2) is 9.97 Å².